The maximum atomic E-state index is 12.5. The van der Waals surface area contributed by atoms with Gasteiger partial charge in [-0.15, -0.1) is 0 Å². The van der Waals surface area contributed by atoms with Gasteiger partial charge in [0.2, 0.25) is 5.95 Å². The Balaban J connectivity index is 2.50. The van der Waals surface area contributed by atoms with Crippen molar-refractivity contribution in [1.29, 1.82) is 0 Å². The molecule has 70 valence electrons. The van der Waals surface area contributed by atoms with Gasteiger partial charge in [0, 0.05) is 12.6 Å². The van der Waals surface area contributed by atoms with E-state index in [4.69, 9.17) is 0 Å². The summed E-state index contributed by atoms with van der Waals surface area (Å²) in [6.45, 7) is 0. The molecular formula is C9H10FNO2. The third kappa shape index (κ3) is 3.19. The van der Waals surface area contributed by atoms with Crippen molar-refractivity contribution in [3.63, 3.8) is 0 Å². The molecule has 0 aromatic carbocycles. The van der Waals surface area contributed by atoms with Gasteiger partial charge in [-0.25, -0.2) is 4.98 Å². The molecule has 0 atom stereocenters. The summed E-state index contributed by atoms with van der Waals surface area (Å²) < 4.78 is 17.0. The number of aryl methyl sites for hydroxylation is 1. The number of nitrogens with zero attached hydrogens (tertiary/aromatic N) is 1. The molecule has 0 saturated heterocycles. The van der Waals surface area contributed by atoms with E-state index >= 15 is 0 Å². The van der Waals surface area contributed by atoms with Crippen LogP contribution < -0.4 is 0 Å². The van der Waals surface area contributed by atoms with Crippen LogP contribution in [0, 0.1) is 5.95 Å². The lowest BCUT2D eigenvalue weighted by molar-refractivity contribution is -0.140. The Morgan fingerprint density at radius 2 is 2.46 bits per heavy atom. The lowest BCUT2D eigenvalue weighted by Crippen LogP contribution is -2.02. The van der Waals surface area contributed by atoms with Crippen molar-refractivity contribution >= 4 is 5.97 Å². The number of hydrogen-bond acceptors (Lipinski definition) is 3. The van der Waals surface area contributed by atoms with Crippen LogP contribution >= 0.6 is 0 Å². The van der Waals surface area contributed by atoms with Crippen molar-refractivity contribution in [2.75, 3.05) is 7.11 Å². The zero-order valence-electron chi connectivity index (χ0n) is 7.29. The average molecular weight is 183 g/mol. The predicted molar refractivity (Wildman–Crippen MR) is 44.5 cm³/mol. The second kappa shape index (κ2) is 4.54. The van der Waals surface area contributed by atoms with Crippen molar-refractivity contribution in [2.24, 2.45) is 0 Å². The van der Waals surface area contributed by atoms with Crippen LogP contribution in [0.1, 0.15) is 12.0 Å². The zero-order valence-corrected chi connectivity index (χ0v) is 7.29. The van der Waals surface area contributed by atoms with Crippen molar-refractivity contribution in [3.05, 3.63) is 29.8 Å². The molecule has 0 aliphatic carbocycles. The third-order valence-corrected chi connectivity index (χ3v) is 1.64. The Bertz CT molecular complexity index is 301. The molecule has 0 spiro atoms. The molecule has 0 N–H and O–H groups in total. The highest BCUT2D eigenvalue weighted by molar-refractivity contribution is 5.69. The minimum atomic E-state index is -0.526. The standard InChI is InChI=1S/C9H10FNO2/c1-13-9(12)3-2-7-4-5-11-8(10)6-7/h4-6H,2-3H2,1H3. The van der Waals surface area contributed by atoms with E-state index < -0.39 is 5.95 Å². The van der Waals surface area contributed by atoms with E-state index in [1.54, 1.807) is 6.07 Å². The number of carbonyl (C=O) groups is 1. The number of aromatic nitrogens is 1. The van der Waals surface area contributed by atoms with E-state index in [1.165, 1.54) is 19.4 Å². The first kappa shape index (κ1) is 9.64. The van der Waals surface area contributed by atoms with Crippen LogP contribution in [0.3, 0.4) is 0 Å². The maximum absolute atomic E-state index is 12.5. The molecule has 13 heavy (non-hydrogen) atoms. The summed E-state index contributed by atoms with van der Waals surface area (Å²) in [6, 6.07) is 2.98. The number of carbonyl (C=O) groups excluding carboxylic acids is 1. The molecule has 0 aliphatic rings. The van der Waals surface area contributed by atoms with Gasteiger partial charge in [-0.1, -0.05) is 0 Å². The number of ether oxygens (including phenoxy) is 1. The molecule has 1 heterocycles. The van der Waals surface area contributed by atoms with Gasteiger partial charge >= 0.3 is 5.97 Å². The summed E-state index contributed by atoms with van der Waals surface area (Å²) in [5.41, 5.74) is 0.748. The summed E-state index contributed by atoms with van der Waals surface area (Å²) in [5, 5.41) is 0. The van der Waals surface area contributed by atoms with Crippen LogP contribution in [-0.4, -0.2) is 18.1 Å². The fraction of sp³-hybridized carbons (Fsp3) is 0.333. The SMILES string of the molecule is COC(=O)CCc1ccnc(F)c1. The molecule has 1 aromatic rings. The monoisotopic (exact) mass is 183 g/mol. The van der Waals surface area contributed by atoms with Crippen LogP contribution in [0.4, 0.5) is 4.39 Å². The van der Waals surface area contributed by atoms with E-state index in [9.17, 15) is 9.18 Å². The molecule has 0 bridgehead atoms. The van der Waals surface area contributed by atoms with Crippen molar-refractivity contribution < 1.29 is 13.9 Å². The molecule has 0 amide bonds. The van der Waals surface area contributed by atoms with Crippen molar-refractivity contribution in [2.45, 2.75) is 12.8 Å². The molecule has 0 radical (unpaired) electrons. The summed E-state index contributed by atoms with van der Waals surface area (Å²) in [4.78, 5) is 14.1. The Kier molecular flexibility index (Phi) is 3.37. The molecule has 1 aromatic heterocycles. The number of hydrogen-bond donors (Lipinski definition) is 0. The van der Waals surface area contributed by atoms with Gasteiger partial charge in [0.1, 0.15) is 0 Å². The predicted octanol–water partition coefficient (Wildman–Crippen LogP) is 1.33. The number of pyridine rings is 1. The highest BCUT2D eigenvalue weighted by atomic mass is 19.1. The van der Waals surface area contributed by atoms with Crippen LogP contribution in [0.25, 0.3) is 0 Å². The second-order valence-electron chi connectivity index (χ2n) is 2.56. The van der Waals surface area contributed by atoms with Gasteiger partial charge in [0.25, 0.3) is 0 Å². The quantitative estimate of drug-likeness (QED) is 0.524. The lowest BCUT2D eigenvalue weighted by atomic mass is 10.1. The van der Waals surface area contributed by atoms with Crippen LogP contribution in [0.2, 0.25) is 0 Å². The first-order valence-corrected chi connectivity index (χ1v) is 3.89. The van der Waals surface area contributed by atoms with Crippen molar-refractivity contribution in [1.82, 2.24) is 4.98 Å². The van der Waals surface area contributed by atoms with E-state index in [0.717, 1.165) is 5.56 Å². The van der Waals surface area contributed by atoms with Crippen LogP contribution in [0.5, 0.6) is 0 Å². The second-order valence-corrected chi connectivity index (χ2v) is 2.56. The first-order valence-electron chi connectivity index (χ1n) is 3.89. The normalized spacial score (nSPS) is 9.69. The van der Waals surface area contributed by atoms with Gasteiger partial charge in [0.05, 0.1) is 7.11 Å². The fourth-order valence-corrected chi connectivity index (χ4v) is 0.947. The summed E-state index contributed by atoms with van der Waals surface area (Å²) in [5.74, 6) is -0.820. The Labute approximate surface area is 75.6 Å². The van der Waals surface area contributed by atoms with Gasteiger partial charge in [0.15, 0.2) is 0 Å². The number of halogens is 1. The van der Waals surface area contributed by atoms with Gasteiger partial charge < -0.3 is 4.74 Å². The summed E-state index contributed by atoms with van der Waals surface area (Å²) in [7, 11) is 1.33. The molecule has 0 aliphatic heterocycles. The van der Waals surface area contributed by atoms with E-state index in [1.807, 2.05) is 0 Å². The first-order chi connectivity index (χ1) is 6.22. The minimum absolute atomic E-state index is 0.264. The van der Waals surface area contributed by atoms with E-state index in [2.05, 4.69) is 9.72 Å². The lowest BCUT2D eigenvalue weighted by Gasteiger charge is -1.99. The highest BCUT2D eigenvalue weighted by Crippen LogP contribution is 2.04. The zero-order chi connectivity index (χ0) is 9.68. The molecule has 0 unspecified atom stereocenters. The van der Waals surface area contributed by atoms with E-state index in [-0.39, 0.29) is 12.4 Å². The van der Waals surface area contributed by atoms with Gasteiger partial charge in [-0.2, -0.15) is 4.39 Å². The summed E-state index contributed by atoms with van der Waals surface area (Å²) >= 11 is 0. The van der Waals surface area contributed by atoms with Crippen LogP contribution in [0.15, 0.2) is 18.3 Å². The number of rotatable bonds is 3. The fourth-order valence-electron chi connectivity index (χ4n) is 0.947. The largest absolute Gasteiger partial charge is 0.469 e. The molecule has 3 nitrogen and oxygen atoms in total. The Morgan fingerprint density at radius 3 is 3.08 bits per heavy atom. The molecule has 1 rings (SSSR count). The average Bonchev–Trinajstić information content (AvgIpc) is 2.14. The minimum Gasteiger partial charge on any atom is -0.469 e. The van der Waals surface area contributed by atoms with Crippen LogP contribution in [-0.2, 0) is 16.0 Å². The highest BCUT2D eigenvalue weighted by Gasteiger charge is 2.01. The molecular weight excluding hydrogens is 173 g/mol. The third-order valence-electron chi connectivity index (χ3n) is 1.64. The topological polar surface area (TPSA) is 39.2 Å². The Morgan fingerprint density at radius 1 is 1.69 bits per heavy atom. The number of esters is 1. The van der Waals surface area contributed by atoms with E-state index in [0.29, 0.717) is 6.42 Å². The smallest absolute Gasteiger partial charge is 0.305 e. The summed E-state index contributed by atoms with van der Waals surface area (Å²) in [6.07, 6.45) is 2.12. The Hall–Kier alpha value is -1.45. The van der Waals surface area contributed by atoms with Gasteiger partial charge in [-0.05, 0) is 24.1 Å². The molecule has 0 fully saturated rings. The number of methoxy groups -OCH3 is 1. The van der Waals surface area contributed by atoms with Gasteiger partial charge in [-0.3, -0.25) is 4.79 Å². The van der Waals surface area contributed by atoms with Crippen molar-refractivity contribution in [3.8, 4) is 0 Å². The maximum Gasteiger partial charge on any atom is 0.305 e. The molecule has 4 heteroatoms. The molecule has 0 saturated carbocycles.